The summed E-state index contributed by atoms with van der Waals surface area (Å²) < 4.78 is 12.7. The highest BCUT2D eigenvalue weighted by atomic mass is 16.7. The van der Waals surface area contributed by atoms with Crippen LogP contribution < -0.4 is 14.8 Å². The second-order valence-electron chi connectivity index (χ2n) is 7.03. The van der Waals surface area contributed by atoms with E-state index in [-0.39, 0.29) is 6.79 Å². The van der Waals surface area contributed by atoms with Crippen molar-refractivity contribution in [3.05, 3.63) is 53.3 Å². The van der Waals surface area contributed by atoms with Crippen LogP contribution in [0, 0.1) is 13.8 Å². The van der Waals surface area contributed by atoms with Crippen LogP contribution in [0.15, 0.2) is 36.4 Å². The number of nitrogens with zero attached hydrogens (tertiary/aromatic N) is 4. The summed E-state index contributed by atoms with van der Waals surface area (Å²) in [7, 11) is 0. The number of aromatic nitrogens is 4. The van der Waals surface area contributed by atoms with E-state index in [1.54, 1.807) is 0 Å². The Hall–Kier alpha value is -3.09. The van der Waals surface area contributed by atoms with E-state index >= 15 is 0 Å². The van der Waals surface area contributed by atoms with Gasteiger partial charge in [-0.25, -0.2) is 0 Å². The van der Waals surface area contributed by atoms with Gasteiger partial charge >= 0.3 is 0 Å². The molecule has 1 atom stereocenters. The van der Waals surface area contributed by atoms with Crippen molar-refractivity contribution in [2.75, 3.05) is 12.1 Å². The maximum atomic E-state index is 5.49. The molecule has 7 nitrogen and oxygen atoms in total. The number of aryl methyl sites for hydroxylation is 2. The molecule has 7 heteroatoms. The van der Waals surface area contributed by atoms with Gasteiger partial charge in [0, 0.05) is 11.8 Å². The van der Waals surface area contributed by atoms with Gasteiger partial charge < -0.3 is 14.8 Å². The van der Waals surface area contributed by atoms with Crippen molar-refractivity contribution < 1.29 is 9.47 Å². The van der Waals surface area contributed by atoms with Crippen molar-refractivity contribution in [3.8, 4) is 17.2 Å². The Balaban J connectivity index is 1.74. The van der Waals surface area contributed by atoms with Gasteiger partial charge in [-0.05, 0) is 60.9 Å². The van der Waals surface area contributed by atoms with Crippen molar-refractivity contribution in [2.24, 2.45) is 0 Å². The zero-order chi connectivity index (χ0) is 19.0. The molecule has 0 saturated heterocycles. The lowest BCUT2D eigenvalue weighted by Gasteiger charge is -2.30. The Labute approximate surface area is 158 Å². The largest absolute Gasteiger partial charge is 0.454 e. The van der Waals surface area contributed by atoms with Crippen LogP contribution in [0.25, 0.3) is 5.69 Å². The van der Waals surface area contributed by atoms with Crippen LogP contribution >= 0.6 is 0 Å². The van der Waals surface area contributed by atoms with Crippen LogP contribution in [0.3, 0.4) is 0 Å². The first-order valence-electron chi connectivity index (χ1n) is 9.05. The number of nitrogens with one attached hydrogen (secondary N) is 1. The molecule has 1 aliphatic heterocycles. The number of para-hydroxylation sites is 1. The highest BCUT2D eigenvalue weighted by molar-refractivity contribution is 5.57. The first-order valence-corrected chi connectivity index (χ1v) is 9.05. The van der Waals surface area contributed by atoms with Gasteiger partial charge in [-0.3, -0.25) is 0 Å². The molecule has 0 spiro atoms. The van der Waals surface area contributed by atoms with E-state index in [1.807, 2.05) is 28.9 Å². The molecule has 0 radical (unpaired) electrons. The second kappa shape index (κ2) is 6.57. The van der Waals surface area contributed by atoms with E-state index in [4.69, 9.17) is 9.47 Å². The molecule has 0 fully saturated rings. The average molecular weight is 365 g/mol. The number of rotatable bonds is 5. The Kier molecular flexibility index (Phi) is 4.22. The van der Waals surface area contributed by atoms with Gasteiger partial charge in [-0.1, -0.05) is 25.1 Å². The average Bonchev–Trinajstić information content (AvgIpc) is 3.30. The molecule has 27 heavy (non-hydrogen) atoms. The predicted molar refractivity (Wildman–Crippen MR) is 102 cm³/mol. The quantitative estimate of drug-likeness (QED) is 0.742. The minimum atomic E-state index is -0.466. The fraction of sp³-hybridized carbons (Fsp3) is 0.350. The number of tetrazole rings is 1. The molecule has 1 unspecified atom stereocenters. The summed E-state index contributed by atoms with van der Waals surface area (Å²) in [4.78, 5) is 0. The van der Waals surface area contributed by atoms with Crippen LogP contribution in [0.5, 0.6) is 11.5 Å². The molecule has 1 aliphatic rings. The number of hydrogen-bond acceptors (Lipinski definition) is 6. The van der Waals surface area contributed by atoms with Crippen molar-refractivity contribution in [1.29, 1.82) is 0 Å². The smallest absolute Gasteiger partial charge is 0.231 e. The lowest BCUT2D eigenvalue weighted by Crippen LogP contribution is -2.34. The first kappa shape index (κ1) is 17.3. The van der Waals surface area contributed by atoms with Gasteiger partial charge in [-0.15, -0.1) is 5.10 Å². The predicted octanol–water partition coefficient (Wildman–Crippen LogP) is 3.75. The van der Waals surface area contributed by atoms with Gasteiger partial charge in [0.05, 0.1) is 11.2 Å². The summed E-state index contributed by atoms with van der Waals surface area (Å²) in [5.41, 5.74) is 3.74. The third-order valence-electron chi connectivity index (χ3n) is 5.11. The van der Waals surface area contributed by atoms with Crippen LogP contribution in [0.2, 0.25) is 0 Å². The molecular formula is C20H23N5O2. The molecule has 4 rings (SSSR count). The van der Waals surface area contributed by atoms with Crippen molar-refractivity contribution in [2.45, 2.75) is 39.7 Å². The van der Waals surface area contributed by atoms with E-state index < -0.39 is 5.54 Å². The highest BCUT2D eigenvalue weighted by Gasteiger charge is 2.32. The Morgan fingerprint density at radius 2 is 1.85 bits per heavy atom. The molecule has 2 heterocycles. The lowest BCUT2D eigenvalue weighted by molar-refractivity contribution is 0.174. The molecule has 140 valence electrons. The van der Waals surface area contributed by atoms with Gasteiger partial charge in [0.2, 0.25) is 6.79 Å². The zero-order valence-electron chi connectivity index (χ0n) is 16.0. The summed E-state index contributed by atoms with van der Waals surface area (Å²) in [5.74, 6) is 2.27. The SMILES string of the molecule is CCC(C)(Nc1ccc2c(c1)OCO2)c1nnnn1-c1c(C)cccc1C. The minimum absolute atomic E-state index is 0.259. The molecule has 0 saturated carbocycles. The third-order valence-corrected chi connectivity index (χ3v) is 5.11. The summed E-state index contributed by atoms with van der Waals surface area (Å²) in [5, 5.41) is 16.2. The fourth-order valence-electron chi connectivity index (χ4n) is 3.42. The molecule has 0 aliphatic carbocycles. The van der Waals surface area contributed by atoms with E-state index in [1.165, 1.54) is 0 Å². The van der Waals surface area contributed by atoms with Gasteiger partial charge in [0.15, 0.2) is 17.3 Å². The summed E-state index contributed by atoms with van der Waals surface area (Å²) in [6.07, 6.45) is 0.798. The summed E-state index contributed by atoms with van der Waals surface area (Å²) in [6.45, 7) is 8.62. The molecule has 1 N–H and O–H groups in total. The van der Waals surface area contributed by atoms with Crippen LogP contribution in [-0.4, -0.2) is 27.0 Å². The topological polar surface area (TPSA) is 74.1 Å². The highest BCUT2D eigenvalue weighted by Crippen LogP contribution is 2.37. The van der Waals surface area contributed by atoms with E-state index in [9.17, 15) is 0 Å². The Morgan fingerprint density at radius 1 is 1.11 bits per heavy atom. The molecule has 3 aromatic rings. The Bertz CT molecular complexity index is 964. The van der Waals surface area contributed by atoms with Crippen LogP contribution in [0.1, 0.15) is 37.2 Å². The lowest BCUT2D eigenvalue weighted by atomic mass is 9.96. The van der Waals surface area contributed by atoms with Crippen molar-refractivity contribution in [1.82, 2.24) is 20.2 Å². The normalized spacial score (nSPS) is 14.8. The first-order chi connectivity index (χ1) is 13.0. The number of hydrogen-bond donors (Lipinski definition) is 1. The van der Waals surface area contributed by atoms with Gasteiger partial charge in [0.25, 0.3) is 0 Å². The van der Waals surface area contributed by atoms with Crippen molar-refractivity contribution >= 4 is 5.69 Å². The minimum Gasteiger partial charge on any atom is -0.454 e. The molecular weight excluding hydrogens is 342 g/mol. The van der Waals surface area contributed by atoms with Crippen LogP contribution in [-0.2, 0) is 5.54 Å². The Morgan fingerprint density at radius 3 is 2.59 bits per heavy atom. The fourth-order valence-corrected chi connectivity index (χ4v) is 3.42. The van der Waals surface area contributed by atoms with Gasteiger partial charge in [-0.2, -0.15) is 4.68 Å². The zero-order valence-corrected chi connectivity index (χ0v) is 16.0. The van der Waals surface area contributed by atoms with Crippen molar-refractivity contribution in [3.63, 3.8) is 0 Å². The number of benzene rings is 2. The molecule has 0 amide bonds. The maximum Gasteiger partial charge on any atom is 0.231 e. The van der Waals surface area contributed by atoms with Crippen LogP contribution in [0.4, 0.5) is 5.69 Å². The number of ether oxygens (including phenoxy) is 2. The monoisotopic (exact) mass is 365 g/mol. The molecule has 1 aromatic heterocycles. The molecule has 2 aromatic carbocycles. The van der Waals surface area contributed by atoms with Gasteiger partial charge in [0.1, 0.15) is 0 Å². The summed E-state index contributed by atoms with van der Waals surface area (Å²) >= 11 is 0. The summed E-state index contributed by atoms with van der Waals surface area (Å²) in [6, 6.07) is 12.0. The second-order valence-corrected chi connectivity index (χ2v) is 7.03. The standard InChI is InChI=1S/C20H23N5O2/c1-5-20(4,21-15-9-10-16-17(11-15)27-12-26-16)19-22-23-24-25(19)18-13(2)7-6-8-14(18)3/h6-11,21H,5,12H2,1-4H3. The molecule has 0 bridgehead atoms. The third kappa shape index (κ3) is 2.99. The van der Waals surface area contributed by atoms with E-state index in [0.717, 1.165) is 46.2 Å². The number of anilines is 1. The van der Waals surface area contributed by atoms with E-state index in [0.29, 0.717) is 0 Å². The van der Waals surface area contributed by atoms with E-state index in [2.05, 4.69) is 60.7 Å². The number of fused-ring (bicyclic) bond motifs is 1. The maximum absolute atomic E-state index is 5.49.